The van der Waals surface area contributed by atoms with E-state index in [0.717, 1.165) is 3.79 Å². The average Bonchev–Trinajstić information content (AvgIpc) is 2.97. The Bertz CT molecular complexity index is 511. The minimum Gasteiger partial charge on any atom is -0.341 e. The molecule has 0 saturated heterocycles. The zero-order chi connectivity index (χ0) is 13.0. The van der Waals surface area contributed by atoms with Crippen molar-refractivity contribution in [1.29, 1.82) is 0 Å². The molecule has 0 spiro atoms. The Morgan fingerprint density at radius 1 is 1.56 bits per heavy atom. The van der Waals surface area contributed by atoms with Gasteiger partial charge >= 0.3 is 0 Å². The Hall–Kier alpha value is -1.21. The first-order valence-electron chi connectivity index (χ1n) is 5.46. The van der Waals surface area contributed by atoms with E-state index in [0.29, 0.717) is 19.5 Å². The molecule has 2 aromatic heterocycles. The molecule has 7 heteroatoms. The monoisotopic (exact) mass is 328 g/mol. The van der Waals surface area contributed by atoms with Crippen molar-refractivity contribution in [2.75, 3.05) is 7.05 Å². The highest BCUT2D eigenvalue weighted by Gasteiger charge is 2.10. The normalized spacial score (nSPS) is 10.6. The van der Waals surface area contributed by atoms with Gasteiger partial charge in [0, 0.05) is 18.3 Å². The molecule has 0 fully saturated rings. The van der Waals surface area contributed by atoms with Crippen LogP contribution in [0.2, 0.25) is 0 Å². The van der Waals surface area contributed by atoms with Crippen LogP contribution in [0, 0.1) is 0 Å². The molecule has 18 heavy (non-hydrogen) atoms. The second-order valence-corrected chi connectivity index (χ2v) is 6.41. The van der Waals surface area contributed by atoms with Crippen molar-refractivity contribution in [2.45, 2.75) is 19.5 Å². The number of aryl methyl sites for hydroxylation is 1. The molecule has 0 aliphatic heterocycles. The predicted molar refractivity (Wildman–Crippen MR) is 73.1 cm³/mol. The van der Waals surface area contributed by atoms with E-state index < -0.39 is 0 Å². The van der Waals surface area contributed by atoms with E-state index in [9.17, 15) is 4.79 Å². The molecule has 2 heterocycles. The minimum absolute atomic E-state index is 0.107. The van der Waals surface area contributed by atoms with Crippen molar-refractivity contribution in [3.05, 3.63) is 33.5 Å². The molecule has 5 nitrogen and oxygen atoms in total. The second kappa shape index (κ2) is 6.10. The minimum atomic E-state index is 0.107. The van der Waals surface area contributed by atoms with E-state index in [2.05, 4.69) is 26.0 Å². The van der Waals surface area contributed by atoms with Gasteiger partial charge in [0.1, 0.15) is 12.7 Å². The van der Waals surface area contributed by atoms with Crippen molar-refractivity contribution in [2.24, 2.45) is 0 Å². The average molecular weight is 329 g/mol. The van der Waals surface area contributed by atoms with Crippen LogP contribution in [0.25, 0.3) is 0 Å². The van der Waals surface area contributed by atoms with Crippen molar-refractivity contribution >= 4 is 33.2 Å². The van der Waals surface area contributed by atoms with E-state index >= 15 is 0 Å². The standard InChI is InChI=1S/C11H13BrN4OS/c1-15(6-9-2-3-10(12)18-9)11(17)4-5-16-8-13-7-14-16/h2-3,7-8H,4-6H2,1H3. The van der Waals surface area contributed by atoms with Crippen LogP contribution in [0.1, 0.15) is 11.3 Å². The lowest BCUT2D eigenvalue weighted by Crippen LogP contribution is -2.26. The number of hydrogen-bond donors (Lipinski definition) is 0. The van der Waals surface area contributed by atoms with Crippen LogP contribution < -0.4 is 0 Å². The highest BCUT2D eigenvalue weighted by Crippen LogP contribution is 2.23. The highest BCUT2D eigenvalue weighted by molar-refractivity contribution is 9.11. The van der Waals surface area contributed by atoms with Crippen LogP contribution in [-0.4, -0.2) is 32.6 Å². The zero-order valence-electron chi connectivity index (χ0n) is 9.91. The molecule has 2 rings (SSSR count). The third-order valence-corrected chi connectivity index (χ3v) is 4.08. The summed E-state index contributed by atoms with van der Waals surface area (Å²) >= 11 is 5.06. The maximum absolute atomic E-state index is 11.9. The van der Waals surface area contributed by atoms with Crippen molar-refractivity contribution < 1.29 is 4.79 Å². The molecule has 0 aromatic carbocycles. The fourth-order valence-corrected chi connectivity index (χ4v) is 3.04. The van der Waals surface area contributed by atoms with E-state index in [4.69, 9.17) is 0 Å². The molecule has 96 valence electrons. The summed E-state index contributed by atoms with van der Waals surface area (Å²) in [6.07, 6.45) is 3.52. The van der Waals surface area contributed by atoms with Crippen LogP contribution in [0.15, 0.2) is 28.6 Å². The summed E-state index contributed by atoms with van der Waals surface area (Å²) < 4.78 is 2.74. The smallest absolute Gasteiger partial charge is 0.224 e. The van der Waals surface area contributed by atoms with Gasteiger partial charge in [0.05, 0.1) is 16.9 Å². The lowest BCUT2D eigenvalue weighted by atomic mass is 10.3. The molecule has 0 radical (unpaired) electrons. The molecule has 2 aromatic rings. The summed E-state index contributed by atoms with van der Waals surface area (Å²) in [5, 5.41) is 3.97. The van der Waals surface area contributed by atoms with Crippen LogP contribution in [-0.2, 0) is 17.9 Å². The van der Waals surface area contributed by atoms with Gasteiger partial charge in [0.15, 0.2) is 0 Å². The van der Waals surface area contributed by atoms with Crippen LogP contribution in [0.3, 0.4) is 0 Å². The summed E-state index contributed by atoms with van der Waals surface area (Å²) in [6, 6.07) is 4.02. The molecular formula is C11H13BrN4OS. The van der Waals surface area contributed by atoms with Gasteiger partial charge in [-0.15, -0.1) is 11.3 Å². The maximum Gasteiger partial charge on any atom is 0.224 e. The molecule has 0 N–H and O–H groups in total. The van der Waals surface area contributed by atoms with E-state index in [1.165, 1.54) is 11.2 Å². The summed E-state index contributed by atoms with van der Waals surface area (Å²) in [6.45, 7) is 1.21. The molecule has 0 unspecified atom stereocenters. The fourth-order valence-electron chi connectivity index (χ4n) is 1.51. The van der Waals surface area contributed by atoms with Crippen molar-refractivity contribution in [1.82, 2.24) is 19.7 Å². The largest absolute Gasteiger partial charge is 0.341 e. The molecule has 0 atom stereocenters. The first kappa shape index (κ1) is 13.2. The highest BCUT2D eigenvalue weighted by atomic mass is 79.9. The number of amides is 1. The lowest BCUT2D eigenvalue weighted by molar-refractivity contribution is -0.130. The number of hydrogen-bond acceptors (Lipinski definition) is 4. The molecule has 0 saturated carbocycles. The van der Waals surface area contributed by atoms with E-state index in [1.54, 1.807) is 27.2 Å². The van der Waals surface area contributed by atoms with Gasteiger partial charge in [0.2, 0.25) is 5.91 Å². The molecular weight excluding hydrogens is 316 g/mol. The van der Waals surface area contributed by atoms with Crippen LogP contribution in [0.4, 0.5) is 0 Å². The summed E-state index contributed by atoms with van der Waals surface area (Å²) in [7, 11) is 1.82. The first-order valence-corrected chi connectivity index (χ1v) is 7.06. The molecule has 1 amide bonds. The number of carbonyl (C=O) groups is 1. The van der Waals surface area contributed by atoms with Gasteiger partial charge in [-0.2, -0.15) is 5.10 Å². The molecule has 0 aliphatic carbocycles. The first-order chi connectivity index (χ1) is 8.65. The number of carbonyl (C=O) groups excluding carboxylic acids is 1. The Balaban J connectivity index is 1.81. The number of nitrogens with zero attached hydrogens (tertiary/aromatic N) is 4. The maximum atomic E-state index is 11.9. The molecule has 0 bridgehead atoms. The second-order valence-electron chi connectivity index (χ2n) is 3.86. The van der Waals surface area contributed by atoms with Gasteiger partial charge in [-0.3, -0.25) is 9.48 Å². The summed E-state index contributed by atoms with van der Waals surface area (Å²) in [5.41, 5.74) is 0. The van der Waals surface area contributed by atoms with Gasteiger partial charge < -0.3 is 4.90 Å². The lowest BCUT2D eigenvalue weighted by Gasteiger charge is -2.16. The SMILES string of the molecule is CN(Cc1ccc(Br)s1)C(=O)CCn1cncn1. The van der Waals surface area contributed by atoms with Gasteiger partial charge in [0.25, 0.3) is 0 Å². The zero-order valence-corrected chi connectivity index (χ0v) is 12.3. The number of halogens is 1. The van der Waals surface area contributed by atoms with Gasteiger partial charge in [-0.25, -0.2) is 4.98 Å². The van der Waals surface area contributed by atoms with Gasteiger partial charge in [-0.05, 0) is 28.1 Å². The van der Waals surface area contributed by atoms with Crippen LogP contribution >= 0.6 is 27.3 Å². The Morgan fingerprint density at radius 2 is 2.39 bits per heavy atom. The Kier molecular flexibility index (Phi) is 4.48. The predicted octanol–water partition coefficient (Wildman–Crippen LogP) is 2.15. The third kappa shape index (κ3) is 3.64. The quantitative estimate of drug-likeness (QED) is 0.845. The van der Waals surface area contributed by atoms with Crippen molar-refractivity contribution in [3.8, 4) is 0 Å². The third-order valence-electron chi connectivity index (χ3n) is 2.47. The number of aromatic nitrogens is 3. The Morgan fingerprint density at radius 3 is 3.00 bits per heavy atom. The van der Waals surface area contributed by atoms with Gasteiger partial charge in [-0.1, -0.05) is 0 Å². The summed E-state index contributed by atoms with van der Waals surface area (Å²) in [4.78, 5) is 18.6. The topological polar surface area (TPSA) is 51.0 Å². The fraction of sp³-hybridized carbons (Fsp3) is 0.364. The Labute approximate surface area is 118 Å². The summed E-state index contributed by atoms with van der Waals surface area (Å²) in [5.74, 6) is 0.107. The van der Waals surface area contributed by atoms with Crippen LogP contribution in [0.5, 0.6) is 0 Å². The van der Waals surface area contributed by atoms with Crippen molar-refractivity contribution in [3.63, 3.8) is 0 Å². The number of thiophene rings is 1. The van der Waals surface area contributed by atoms with E-state index in [-0.39, 0.29) is 5.91 Å². The molecule has 0 aliphatic rings. The number of rotatable bonds is 5. The van der Waals surface area contributed by atoms with E-state index in [1.807, 2.05) is 19.2 Å².